The van der Waals surface area contributed by atoms with Gasteiger partial charge in [0.05, 0.1) is 19.8 Å². The summed E-state index contributed by atoms with van der Waals surface area (Å²) >= 11 is 0. The normalized spacial score (nSPS) is 22.3. The molecule has 0 spiro atoms. The van der Waals surface area contributed by atoms with E-state index >= 15 is 0 Å². The van der Waals surface area contributed by atoms with E-state index in [1.165, 1.54) is 0 Å². The third-order valence-corrected chi connectivity index (χ3v) is 6.68. The fourth-order valence-electron chi connectivity index (χ4n) is 4.65. The number of nitrogens with two attached hydrogens (primary N) is 1. The van der Waals surface area contributed by atoms with E-state index in [0.29, 0.717) is 12.8 Å². The van der Waals surface area contributed by atoms with Crippen molar-refractivity contribution in [2.24, 2.45) is 5.73 Å². The summed E-state index contributed by atoms with van der Waals surface area (Å²) in [5.74, 6) is 1.50. The maximum Gasteiger partial charge on any atom is 0.246 e. The summed E-state index contributed by atoms with van der Waals surface area (Å²) in [6, 6.07) is 25.7. The molecule has 1 amide bonds. The highest BCUT2D eigenvalue weighted by molar-refractivity contribution is 5.97. The second-order valence-corrected chi connectivity index (χ2v) is 8.55. The summed E-state index contributed by atoms with van der Waals surface area (Å²) in [4.78, 5) is 15.0. The topological polar surface area (TPSA) is 64.8 Å². The number of ether oxygens (including phenoxy) is 2. The van der Waals surface area contributed by atoms with E-state index in [1.807, 2.05) is 85.9 Å². The van der Waals surface area contributed by atoms with Gasteiger partial charge in [0.1, 0.15) is 17.0 Å². The molecule has 0 aliphatic carbocycles. The quantitative estimate of drug-likeness (QED) is 0.533. The number of β-lactam (4-membered cyclic amide) rings is 1. The Labute approximate surface area is 195 Å². The first-order valence-corrected chi connectivity index (χ1v) is 11.0. The van der Waals surface area contributed by atoms with Crippen molar-refractivity contribution >= 4 is 12.0 Å². The Hall–Kier alpha value is -3.57. The summed E-state index contributed by atoms with van der Waals surface area (Å²) in [5, 5.41) is 0. The van der Waals surface area contributed by atoms with Crippen LogP contribution in [0.3, 0.4) is 0 Å². The van der Waals surface area contributed by atoms with E-state index in [9.17, 15) is 4.79 Å². The number of benzene rings is 3. The minimum absolute atomic E-state index is 0.0652. The number of likely N-dealkylation sites (N-methyl/N-ethyl adjacent to an activating group) is 1. The molecule has 2 atom stereocenters. The highest BCUT2D eigenvalue weighted by Gasteiger charge is 2.66. The first-order chi connectivity index (χ1) is 15.9. The lowest BCUT2D eigenvalue weighted by Gasteiger charge is -2.61. The maximum atomic E-state index is 13.3. The Kier molecular flexibility index (Phi) is 6.25. The zero-order valence-electron chi connectivity index (χ0n) is 19.3. The molecule has 0 radical (unpaired) electrons. The van der Waals surface area contributed by atoms with Crippen LogP contribution < -0.4 is 15.2 Å². The molecule has 0 bridgehead atoms. The van der Waals surface area contributed by atoms with Gasteiger partial charge in [0.2, 0.25) is 5.91 Å². The summed E-state index contributed by atoms with van der Waals surface area (Å²) in [6.07, 6.45) is 5.17. The maximum absolute atomic E-state index is 13.3. The van der Waals surface area contributed by atoms with Crippen LogP contribution >= 0.6 is 0 Å². The van der Waals surface area contributed by atoms with Gasteiger partial charge in [-0.25, -0.2) is 0 Å². The molecule has 1 fully saturated rings. The van der Waals surface area contributed by atoms with Crippen LogP contribution in [0.4, 0.5) is 0 Å². The number of hydrogen-bond donors (Lipinski definition) is 1. The standard InChI is InChI=1S/C28H30N2O3/c1-30-26(31)28(29,20-23-11-15-25(33-3)16-12-23)27(30,18-17-21-7-5-4-6-8-21)19-22-9-13-24(32-2)14-10-22/h4-18H,19-20,29H2,1-3H3. The van der Waals surface area contributed by atoms with Crippen LogP contribution in [-0.4, -0.2) is 43.2 Å². The Morgan fingerprint density at radius 1 is 0.818 bits per heavy atom. The zero-order chi connectivity index (χ0) is 23.5. The fraction of sp³-hybridized carbons (Fsp3) is 0.250. The van der Waals surface area contributed by atoms with Crippen LogP contribution in [0.25, 0.3) is 6.08 Å². The van der Waals surface area contributed by atoms with Gasteiger partial charge in [-0.15, -0.1) is 0 Å². The van der Waals surface area contributed by atoms with E-state index in [2.05, 4.69) is 12.2 Å². The first kappa shape index (κ1) is 22.6. The molecule has 1 aliphatic rings. The van der Waals surface area contributed by atoms with Crippen molar-refractivity contribution in [3.05, 3.63) is 102 Å². The number of carbonyl (C=O) groups is 1. The van der Waals surface area contributed by atoms with E-state index in [-0.39, 0.29) is 5.91 Å². The summed E-state index contributed by atoms with van der Waals surface area (Å²) in [7, 11) is 5.12. The molecule has 33 heavy (non-hydrogen) atoms. The van der Waals surface area contributed by atoms with E-state index in [0.717, 1.165) is 28.2 Å². The molecule has 2 N–H and O–H groups in total. The fourth-order valence-corrected chi connectivity index (χ4v) is 4.65. The number of likely N-dealkylation sites (tertiary alicyclic amines) is 1. The van der Waals surface area contributed by atoms with Crippen molar-refractivity contribution in [3.8, 4) is 11.5 Å². The SMILES string of the molecule is COc1ccc(CC2(N)C(=O)N(C)C2(C=Cc2ccccc2)Cc2ccc(OC)cc2)cc1. The van der Waals surface area contributed by atoms with Gasteiger partial charge in [-0.1, -0.05) is 66.7 Å². The van der Waals surface area contributed by atoms with Gasteiger partial charge in [0, 0.05) is 19.9 Å². The molecule has 3 aromatic carbocycles. The second-order valence-electron chi connectivity index (χ2n) is 8.55. The average molecular weight is 443 g/mol. The van der Waals surface area contributed by atoms with Crippen LogP contribution in [0.15, 0.2) is 84.9 Å². The van der Waals surface area contributed by atoms with Gasteiger partial charge < -0.3 is 20.1 Å². The van der Waals surface area contributed by atoms with Gasteiger partial charge in [0.25, 0.3) is 0 Å². The molecule has 1 heterocycles. The molecule has 1 aliphatic heterocycles. The Balaban J connectivity index is 1.74. The van der Waals surface area contributed by atoms with Crippen molar-refractivity contribution < 1.29 is 14.3 Å². The summed E-state index contributed by atoms with van der Waals surface area (Å²) in [5.41, 5.74) is 8.36. The summed E-state index contributed by atoms with van der Waals surface area (Å²) < 4.78 is 10.6. The molecule has 3 aromatic rings. The van der Waals surface area contributed by atoms with Crippen LogP contribution in [-0.2, 0) is 17.6 Å². The average Bonchev–Trinajstić information content (AvgIpc) is 2.87. The minimum Gasteiger partial charge on any atom is -0.497 e. The monoisotopic (exact) mass is 442 g/mol. The summed E-state index contributed by atoms with van der Waals surface area (Å²) in [6.45, 7) is 0. The predicted molar refractivity (Wildman–Crippen MR) is 131 cm³/mol. The molecular weight excluding hydrogens is 412 g/mol. The highest BCUT2D eigenvalue weighted by Crippen LogP contribution is 2.45. The molecular formula is C28H30N2O3. The number of nitrogens with zero attached hydrogens (tertiary/aromatic N) is 1. The third-order valence-electron chi connectivity index (χ3n) is 6.68. The van der Waals surface area contributed by atoms with Gasteiger partial charge >= 0.3 is 0 Å². The van der Waals surface area contributed by atoms with Crippen molar-refractivity contribution in [2.45, 2.75) is 23.9 Å². The van der Waals surface area contributed by atoms with E-state index < -0.39 is 11.1 Å². The number of amides is 1. The Bertz CT molecular complexity index is 1130. The molecule has 5 heteroatoms. The largest absolute Gasteiger partial charge is 0.497 e. The highest BCUT2D eigenvalue weighted by atomic mass is 16.5. The molecule has 2 unspecified atom stereocenters. The van der Waals surface area contributed by atoms with Crippen molar-refractivity contribution in [1.29, 1.82) is 0 Å². The van der Waals surface area contributed by atoms with Crippen LogP contribution in [0, 0.1) is 0 Å². The molecule has 0 saturated carbocycles. The minimum atomic E-state index is -1.08. The van der Waals surface area contributed by atoms with E-state index in [1.54, 1.807) is 19.1 Å². The Morgan fingerprint density at radius 2 is 1.33 bits per heavy atom. The molecule has 4 rings (SSSR count). The Morgan fingerprint density at radius 3 is 1.85 bits per heavy atom. The van der Waals surface area contributed by atoms with Crippen molar-refractivity contribution in [3.63, 3.8) is 0 Å². The second kappa shape index (κ2) is 9.12. The van der Waals surface area contributed by atoms with Gasteiger partial charge in [-0.3, -0.25) is 4.79 Å². The third kappa shape index (κ3) is 4.12. The number of hydrogen-bond acceptors (Lipinski definition) is 4. The molecule has 0 aromatic heterocycles. The van der Waals surface area contributed by atoms with Gasteiger partial charge in [-0.05, 0) is 41.0 Å². The number of carbonyl (C=O) groups excluding carboxylic acids is 1. The van der Waals surface area contributed by atoms with E-state index in [4.69, 9.17) is 15.2 Å². The molecule has 1 saturated heterocycles. The lowest BCUT2D eigenvalue weighted by molar-refractivity contribution is -0.165. The van der Waals surface area contributed by atoms with Crippen molar-refractivity contribution in [2.75, 3.05) is 21.3 Å². The van der Waals surface area contributed by atoms with Gasteiger partial charge in [-0.2, -0.15) is 0 Å². The number of rotatable bonds is 8. The van der Waals surface area contributed by atoms with Crippen LogP contribution in [0.5, 0.6) is 11.5 Å². The molecule has 5 nitrogen and oxygen atoms in total. The van der Waals surface area contributed by atoms with Crippen LogP contribution in [0.2, 0.25) is 0 Å². The predicted octanol–water partition coefficient (Wildman–Crippen LogP) is 4.11. The molecule has 170 valence electrons. The lowest BCUT2D eigenvalue weighted by atomic mass is 9.61. The smallest absolute Gasteiger partial charge is 0.246 e. The van der Waals surface area contributed by atoms with Crippen molar-refractivity contribution in [1.82, 2.24) is 4.90 Å². The van der Waals surface area contributed by atoms with Crippen LogP contribution in [0.1, 0.15) is 16.7 Å². The lowest BCUT2D eigenvalue weighted by Crippen LogP contribution is -2.86. The first-order valence-electron chi connectivity index (χ1n) is 11.0. The zero-order valence-corrected chi connectivity index (χ0v) is 19.3. The van der Waals surface area contributed by atoms with Gasteiger partial charge in [0.15, 0.2) is 0 Å². The number of methoxy groups -OCH3 is 2.